The van der Waals surface area contributed by atoms with Gasteiger partial charge in [0.15, 0.2) is 0 Å². The predicted molar refractivity (Wildman–Crippen MR) is 43.8 cm³/mol. The van der Waals surface area contributed by atoms with E-state index in [1.165, 1.54) is 0 Å². The highest BCUT2D eigenvalue weighted by atomic mass is 16.5. The second-order valence-electron chi connectivity index (χ2n) is 4.13. The summed E-state index contributed by atoms with van der Waals surface area (Å²) in [5, 5.41) is 19.3. The molecule has 3 nitrogen and oxygen atoms in total. The largest absolute Gasteiger partial charge is 0.396 e. The van der Waals surface area contributed by atoms with Crippen molar-refractivity contribution in [2.75, 3.05) is 19.8 Å². The first kappa shape index (κ1) is 8.48. The highest BCUT2D eigenvalue weighted by Gasteiger charge is 2.58. The molecule has 1 aliphatic carbocycles. The molecular formula is C9H16O3. The normalized spacial score (nSPS) is 39.5. The van der Waals surface area contributed by atoms with Gasteiger partial charge in [0.2, 0.25) is 0 Å². The lowest BCUT2D eigenvalue weighted by atomic mass is 9.80. The number of aliphatic hydroxyl groups is 2. The van der Waals surface area contributed by atoms with E-state index >= 15 is 0 Å². The molecule has 2 fully saturated rings. The van der Waals surface area contributed by atoms with Crippen LogP contribution in [0, 0.1) is 5.41 Å². The van der Waals surface area contributed by atoms with Gasteiger partial charge < -0.3 is 14.9 Å². The molecule has 0 bridgehead atoms. The zero-order valence-corrected chi connectivity index (χ0v) is 7.25. The maximum absolute atomic E-state index is 10.2. The third kappa shape index (κ3) is 1.08. The summed E-state index contributed by atoms with van der Waals surface area (Å²) in [4.78, 5) is 0. The quantitative estimate of drug-likeness (QED) is 0.630. The van der Waals surface area contributed by atoms with Gasteiger partial charge in [-0.3, -0.25) is 0 Å². The Labute approximate surface area is 72.3 Å². The Hall–Kier alpha value is -0.120. The molecule has 0 amide bonds. The van der Waals surface area contributed by atoms with Crippen molar-refractivity contribution in [2.24, 2.45) is 5.41 Å². The molecule has 0 radical (unpaired) electrons. The molecule has 2 aliphatic rings. The fourth-order valence-corrected chi connectivity index (χ4v) is 2.12. The summed E-state index contributed by atoms with van der Waals surface area (Å²) in [7, 11) is 0. The van der Waals surface area contributed by atoms with Crippen LogP contribution in [0.25, 0.3) is 0 Å². The minimum atomic E-state index is -0.736. The van der Waals surface area contributed by atoms with Crippen LogP contribution in [0.5, 0.6) is 0 Å². The molecule has 12 heavy (non-hydrogen) atoms. The minimum absolute atomic E-state index is 0.104. The van der Waals surface area contributed by atoms with Gasteiger partial charge in [0, 0.05) is 12.0 Å². The Morgan fingerprint density at radius 3 is 2.42 bits per heavy atom. The van der Waals surface area contributed by atoms with Gasteiger partial charge in [-0.05, 0) is 25.7 Å². The summed E-state index contributed by atoms with van der Waals surface area (Å²) in [5.41, 5.74) is -0.951. The van der Waals surface area contributed by atoms with E-state index in [4.69, 9.17) is 9.84 Å². The van der Waals surface area contributed by atoms with Crippen LogP contribution in [0.1, 0.15) is 25.7 Å². The number of hydrogen-bond donors (Lipinski definition) is 2. The average Bonchev–Trinajstić information content (AvgIpc) is 2.86. The standard InChI is InChI=1S/C9H16O3/c10-6-8(3-4-8)9(11)2-1-5-12-7-9/h10-11H,1-7H2. The van der Waals surface area contributed by atoms with E-state index in [-0.39, 0.29) is 12.0 Å². The zero-order valence-electron chi connectivity index (χ0n) is 7.25. The van der Waals surface area contributed by atoms with E-state index < -0.39 is 5.60 Å². The van der Waals surface area contributed by atoms with E-state index in [1.807, 2.05) is 0 Å². The van der Waals surface area contributed by atoms with Crippen LogP contribution in [-0.2, 0) is 4.74 Å². The lowest BCUT2D eigenvalue weighted by molar-refractivity contribution is -0.139. The Morgan fingerprint density at radius 2 is 2.00 bits per heavy atom. The first-order valence-electron chi connectivity index (χ1n) is 4.63. The summed E-state index contributed by atoms with van der Waals surface area (Å²) < 4.78 is 5.25. The number of ether oxygens (including phenoxy) is 1. The van der Waals surface area contributed by atoms with Crippen LogP contribution in [-0.4, -0.2) is 35.6 Å². The number of rotatable bonds is 2. The van der Waals surface area contributed by atoms with Gasteiger partial charge in [-0.1, -0.05) is 0 Å². The molecule has 1 atom stereocenters. The zero-order chi connectivity index (χ0) is 8.66. The SMILES string of the molecule is OCC1(C2(O)CCCOC2)CC1. The second kappa shape index (κ2) is 2.69. The fraction of sp³-hybridized carbons (Fsp3) is 1.00. The summed E-state index contributed by atoms with van der Waals surface area (Å²) in [6, 6.07) is 0. The Balaban J connectivity index is 2.08. The van der Waals surface area contributed by atoms with Crippen molar-refractivity contribution in [1.82, 2.24) is 0 Å². The molecule has 2 N–H and O–H groups in total. The smallest absolute Gasteiger partial charge is 0.0958 e. The van der Waals surface area contributed by atoms with Crippen LogP contribution < -0.4 is 0 Å². The third-order valence-corrected chi connectivity index (χ3v) is 3.36. The van der Waals surface area contributed by atoms with Gasteiger partial charge in [0.05, 0.1) is 18.8 Å². The maximum Gasteiger partial charge on any atom is 0.0958 e. The first-order valence-corrected chi connectivity index (χ1v) is 4.63. The first-order chi connectivity index (χ1) is 5.72. The molecule has 2 rings (SSSR count). The van der Waals surface area contributed by atoms with Crippen LogP contribution in [0.3, 0.4) is 0 Å². The van der Waals surface area contributed by atoms with Gasteiger partial charge in [-0.25, -0.2) is 0 Å². The van der Waals surface area contributed by atoms with Gasteiger partial charge in [0.25, 0.3) is 0 Å². The second-order valence-corrected chi connectivity index (χ2v) is 4.13. The summed E-state index contributed by atoms with van der Waals surface area (Å²) in [6.07, 6.45) is 3.60. The molecule has 3 heteroatoms. The van der Waals surface area contributed by atoms with Crippen molar-refractivity contribution in [3.05, 3.63) is 0 Å². The monoisotopic (exact) mass is 172 g/mol. The highest BCUT2D eigenvalue weighted by Crippen LogP contribution is 2.56. The van der Waals surface area contributed by atoms with E-state index in [0.29, 0.717) is 6.61 Å². The maximum atomic E-state index is 10.2. The molecule has 1 saturated heterocycles. The van der Waals surface area contributed by atoms with E-state index in [2.05, 4.69) is 0 Å². The van der Waals surface area contributed by atoms with Crippen LogP contribution in [0.2, 0.25) is 0 Å². The van der Waals surface area contributed by atoms with Crippen molar-refractivity contribution < 1.29 is 14.9 Å². The highest BCUT2D eigenvalue weighted by molar-refractivity contribution is 5.08. The summed E-state index contributed by atoms with van der Waals surface area (Å²) >= 11 is 0. The predicted octanol–water partition coefficient (Wildman–Crippen LogP) is 0.300. The summed E-state index contributed by atoms with van der Waals surface area (Å²) in [5.74, 6) is 0. The van der Waals surface area contributed by atoms with Crippen LogP contribution in [0.15, 0.2) is 0 Å². The van der Waals surface area contributed by atoms with Crippen molar-refractivity contribution in [3.63, 3.8) is 0 Å². The van der Waals surface area contributed by atoms with Crippen molar-refractivity contribution in [2.45, 2.75) is 31.3 Å². The lowest BCUT2D eigenvalue weighted by Gasteiger charge is -2.38. The fourth-order valence-electron chi connectivity index (χ4n) is 2.12. The van der Waals surface area contributed by atoms with E-state index in [1.54, 1.807) is 0 Å². The molecule has 0 aromatic rings. The molecule has 0 aromatic carbocycles. The van der Waals surface area contributed by atoms with Gasteiger partial charge in [-0.15, -0.1) is 0 Å². The summed E-state index contributed by atoms with van der Waals surface area (Å²) in [6.45, 7) is 1.27. The van der Waals surface area contributed by atoms with Crippen molar-refractivity contribution in [1.29, 1.82) is 0 Å². The molecule has 1 unspecified atom stereocenters. The molecule has 1 aliphatic heterocycles. The topological polar surface area (TPSA) is 49.7 Å². The Kier molecular flexibility index (Phi) is 1.90. The van der Waals surface area contributed by atoms with Crippen LogP contribution in [0.4, 0.5) is 0 Å². The molecule has 1 heterocycles. The Morgan fingerprint density at radius 1 is 1.25 bits per heavy atom. The van der Waals surface area contributed by atoms with Crippen molar-refractivity contribution >= 4 is 0 Å². The molecule has 1 saturated carbocycles. The minimum Gasteiger partial charge on any atom is -0.396 e. The van der Waals surface area contributed by atoms with E-state index in [0.717, 1.165) is 32.3 Å². The van der Waals surface area contributed by atoms with Gasteiger partial charge >= 0.3 is 0 Å². The molecule has 70 valence electrons. The van der Waals surface area contributed by atoms with Crippen LogP contribution >= 0.6 is 0 Å². The number of aliphatic hydroxyl groups excluding tert-OH is 1. The van der Waals surface area contributed by atoms with E-state index in [9.17, 15) is 5.11 Å². The van der Waals surface area contributed by atoms with Gasteiger partial charge in [0.1, 0.15) is 0 Å². The molecule has 0 spiro atoms. The lowest BCUT2D eigenvalue weighted by Crippen LogP contribution is -2.48. The molecule has 0 aromatic heterocycles. The number of hydrogen-bond acceptors (Lipinski definition) is 3. The molecular weight excluding hydrogens is 156 g/mol. The Bertz CT molecular complexity index is 169. The van der Waals surface area contributed by atoms with Crippen molar-refractivity contribution in [3.8, 4) is 0 Å². The third-order valence-electron chi connectivity index (χ3n) is 3.36. The average molecular weight is 172 g/mol. The van der Waals surface area contributed by atoms with Gasteiger partial charge in [-0.2, -0.15) is 0 Å².